The smallest absolute Gasteiger partial charge is 0.243 e. The van der Waals surface area contributed by atoms with E-state index in [-0.39, 0.29) is 15.4 Å². The quantitative estimate of drug-likeness (QED) is 0.911. The lowest BCUT2D eigenvalue weighted by molar-refractivity contribution is 0.387. The summed E-state index contributed by atoms with van der Waals surface area (Å²) >= 11 is 3.01. The standard InChI is InChI=1S/C11H14BrFN2O2S/c1-15(8-4-5-14-7-8)18(16,17)9-2-3-10(12)11(13)6-9/h2-3,6,8,14H,4-5,7H2,1H3. The molecule has 1 fully saturated rings. The van der Waals surface area contributed by atoms with Crippen molar-refractivity contribution in [2.75, 3.05) is 20.1 Å². The molecule has 18 heavy (non-hydrogen) atoms. The van der Waals surface area contributed by atoms with Gasteiger partial charge in [-0.2, -0.15) is 4.31 Å². The molecule has 0 spiro atoms. The van der Waals surface area contributed by atoms with Crippen molar-refractivity contribution in [3.05, 3.63) is 28.5 Å². The fourth-order valence-electron chi connectivity index (χ4n) is 1.95. The Morgan fingerprint density at radius 3 is 2.78 bits per heavy atom. The fraction of sp³-hybridized carbons (Fsp3) is 0.455. The number of rotatable bonds is 3. The number of nitrogens with one attached hydrogen (secondary N) is 1. The minimum absolute atomic E-state index is 0.0161. The normalized spacial score (nSPS) is 20.6. The van der Waals surface area contributed by atoms with E-state index in [9.17, 15) is 12.8 Å². The molecule has 0 aromatic heterocycles. The Kier molecular flexibility index (Phi) is 4.05. The number of nitrogens with zero attached hydrogens (tertiary/aromatic N) is 1. The third-order valence-electron chi connectivity index (χ3n) is 3.12. The van der Waals surface area contributed by atoms with Gasteiger partial charge in [0.2, 0.25) is 10.0 Å². The lowest BCUT2D eigenvalue weighted by Crippen LogP contribution is -2.38. The predicted octanol–water partition coefficient (Wildman–Crippen LogP) is 1.57. The monoisotopic (exact) mass is 336 g/mol. The molecule has 1 aromatic carbocycles. The van der Waals surface area contributed by atoms with Crippen molar-refractivity contribution < 1.29 is 12.8 Å². The Morgan fingerprint density at radius 1 is 1.50 bits per heavy atom. The minimum atomic E-state index is -3.63. The van der Waals surface area contributed by atoms with Gasteiger partial charge >= 0.3 is 0 Å². The van der Waals surface area contributed by atoms with Gasteiger partial charge in [-0.05, 0) is 47.1 Å². The molecule has 2 rings (SSSR count). The molecule has 1 atom stereocenters. The van der Waals surface area contributed by atoms with E-state index < -0.39 is 15.8 Å². The first-order valence-corrected chi connectivity index (χ1v) is 7.80. The Bertz CT molecular complexity index is 544. The van der Waals surface area contributed by atoms with Crippen LogP contribution in [0.2, 0.25) is 0 Å². The number of hydrogen-bond donors (Lipinski definition) is 1. The Labute approximate surface area is 114 Å². The average Bonchev–Trinajstić information content (AvgIpc) is 2.85. The summed E-state index contributed by atoms with van der Waals surface area (Å²) in [5.74, 6) is -0.575. The molecule has 1 N–H and O–H groups in total. The van der Waals surface area contributed by atoms with E-state index in [1.807, 2.05) is 0 Å². The summed E-state index contributed by atoms with van der Waals surface area (Å²) < 4.78 is 39.6. The SMILES string of the molecule is CN(C1CCNC1)S(=O)(=O)c1ccc(Br)c(F)c1. The molecule has 100 valence electrons. The zero-order chi connectivity index (χ0) is 13.3. The molecule has 1 aliphatic rings. The zero-order valence-electron chi connectivity index (χ0n) is 9.86. The highest BCUT2D eigenvalue weighted by Gasteiger charge is 2.30. The lowest BCUT2D eigenvalue weighted by atomic mass is 10.3. The van der Waals surface area contributed by atoms with Crippen molar-refractivity contribution in [3.8, 4) is 0 Å². The first-order valence-electron chi connectivity index (χ1n) is 5.57. The summed E-state index contributed by atoms with van der Waals surface area (Å²) in [5.41, 5.74) is 0. The van der Waals surface area contributed by atoms with E-state index in [1.54, 1.807) is 0 Å². The van der Waals surface area contributed by atoms with Crippen LogP contribution < -0.4 is 5.32 Å². The molecule has 1 heterocycles. The van der Waals surface area contributed by atoms with Gasteiger partial charge in [0.05, 0.1) is 9.37 Å². The number of likely N-dealkylation sites (N-methyl/N-ethyl adjacent to an activating group) is 1. The van der Waals surface area contributed by atoms with Crippen molar-refractivity contribution in [1.29, 1.82) is 0 Å². The summed E-state index contributed by atoms with van der Waals surface area (Å²) in [6.45, 7) is 1.44. The topological polar surface area (TPSA) is 49.4 Å². The van der Waals surface area contributed by atoms with Crippen LogP contribution in [0.5, 0.6) is 0 Å². The van der Waals surface area contributed by atoms with Gasteiger partial charge in [0.1, 0.15) is 5.82 Å². The van der Waals surface area contributed by atoms with Gasteiger partial charge in [-0.25, -0.2) is 12.8 Å². The molecule has 1 unspecified atom stereocenters. The van der Waals surface area contributed by atoms with Crippen LogP contribution >= 0.6 is 15.9 Å². The third kappa shape index (κ3) is 2.59. The summed E-state index contributed by atoms with van der Waals surface area (Å²) in [4.78, 5) is -0.0161. The third-order valence-corrected chi connectivity index (χ3v) is 5.67. The van der Waals surface area contributed by atoms with Crippen molar-refractivity contribution >= 4 is 26.0 Å². The van der Waals surface area contributed by atoms with Crippen molar-refractivity contribution in [2.45, 2.75) is 17.4 Å². The van der Waals surface area contributed by atoms with Crippen LogP contribution in [0.15, 0.2) is 27.6 Å². The van der Waals surface area contributed by atoms with Gasteiger partial charge in [0.15, 0.2) is 0 Å². The molecule has 0 aliphatic carbocycles. The maximum absolute atomic E-state index is 13.4. The van der Waals surface area contributed by atoms with E-state index in [2.05, 4.69) is 21.2 Å². The van der Waals surface area contributed by atoms with Crippen LogP contribution in [-0.4, -0.2) is 38.9 Å². The fourth-order valence-corrected chi connectivity index (χ4v) is 3.59. The molecule has 1 aromatic rings. The number of benzene rings is 1. The van der Waals surface area contributed by atoms with E-state index in [0.29, 0.717) is 6.54 Å². The second-order valence-corrected chi connectivity index (χ2v) is 7.10. The minimum Gasteiger partial charge on any atom is -0.315 e. The first-order chi connectivity index (χ1) is 8.43. The lowest BCUT2D eigenvalue weighted by Gasteiger charge is -2.23. The van der Waals surface area contributed by atoms with E-state index in [4.69, 9.17) is 0 Å². The molecule has 4 nitrogen and oxygen atoms in total. The maximum atomic E-state index is 13.4. The summed E-state index contributed by atoms with van der Waals surface area (Å²) in [7, 11) is -2.09. The number of halogens is 2. The van der Waals surface area contributed by atoms with Crippen LogP contribution in [0, 0.1) is 5.82 Å². The van der Waals surface area contributed by atoms with Crippen molar-refractivity contribution in [3.63, 3.8) is 0 Å². The van der Waals surface area contributed by atoms with Crippen molar-refractivity contribution in [1.82, 2.24) is 9.62 Å². The summed E-state index contributed by atoms with van der Waals surface area (Å²) in [6, 6.07) is 3.78. The molecule has 1 aliphatic heterocycles. The number of sulfonamides is 1. The summed E-state index contributed by atoms with van der Waals surface area (Å²) in [5, 5.41) is 3.11. The highest BCUT2D eigenvalue weighted by Crippen LogP contribution is 2.23. The second-order valence-electron chi connectivity index (χ2n) is 4.24. The molecule has 0 radical (unpaired) electrons. The largest absolute Gasteiger partial charge is 0.315 e. The van der Waals surface area contributed by atoms with Crippen LogP contribution in [0.4, 0.5) is 4.39 Å². The molecule has 7 heteroatoms. The second kappa shape index (κ2) is 5.24. The Balaban J connectivity index is 2.32. The zero-order valence-corrected chi connectivity index (χ0v) is 12.3. The van der Waals surface area contributed by atoms with Gasteiger partial charge in [-0.3, -0.25) is 0 Å². The van der Waals surface area contributed by atoms with Crippen LogP contribution in [-0.2, 0) is 10.0 Å². The van der Waals surface area contributed by atoms with Crippen LogP contribution in [0.25, 0.3) is 0 Å². The van der Waals surface area contributed by atoms with Crippen LogP contribution in [0.3, 0.4) is 0 Å². The predicted molar refractivity (Wildman–Crippen MR) is 70.3 cm³/mol. The van der Waals surface area contributed by atoms with Gasteiger partial charge in [-0.15, -0.1) is 0 Å². The van der Waals surface area contributed by atoms with Gasteiger partial charge < -0.3 is 5.32 Å². The number of hydrogen-bond acceptors (Lipinski definition) is 3. The maximum Gasteiger partial charge on any atom is 0.243 e. The Hall–Kier alpha value is -0.500. The first kappa shape index (κ1) is 13.9. The molecular weight excluding hydrogens is 323 g/mol. The molecule has 0 amide bonds. The van der Waals surface area contributed by atoms with Gasteiger partial charge in [0.25, 0.3) is 0 Å². The highest BCUT2D eigenvalue weighted by atomic mass is 79.9. The van der Waals surface area contributed by atoms with Crippen molar-refractivity contribution in [2.24, 2.45) is 0 Å². The van der Waals surface area contributed by atoms with E-state index in [1.165, 1.54) is 23.5 Å². The molecular formula is C11H14BrFN2O2S. The van der Waals surface area contributed by atoms with E-state index in [0.717, 1.165) is 19.0 Å². The molecule has 0 saturated carbocycles. The van der Waals surface area contributed by atoms with Gasteiger partial charge in [-0.1, -0.05) is 0 Å². The van der Waals surface area contributed by atoms with Gasteiger partial charge in [0, 0.05) is 19.6 Å². The highest BCUT2D eigenvalue weighted by molar-refractivity contribution is 9.10. The molecule has 0 bridgehead atoms. The molecule has 1 saturated heterocycles. The Morgan fingerprint density at radius 2 is 2.22 bits per heavy atom. The van der Waals surface area contributed by atoms with Crippen LogP contribution in [0.1, 0.15) is 6.42 Å². The summed E-state index contributed by atoms with van der Waals surface area (Å²) in [6.07, 6.45) is 0.773. The van der Waals surface area contributed by atoms with E-state index >= 15 is 0 Å². The average molecular weight is 337 g/mol.